The Morgan fingerprint density at radius 2 is 1.93 bits per heavy atom. The molecule has 1 aliphatic rings. The van der Waals surface area contributed by atoms with Gasteiger partial charge in [-0.3, -0.25) is 0 Å². The fourth-order valence-corrected chi connectivity index (χ4v) is 3.49. The monoisotopic (exact) mass is 385 g/mol. The van der Waals surface area contributed by atoms with Gasteiger partial charge >= 0.3 is 0 Å². The molecule has 0 saturated carbocycles. The molecule has 0 spiro atoms. The second kappa shape index (κ2) is 10.4. The minimum absolute atomic E-state index is 0.484. The molecule has 0 amide bonds. The smallest absolute Gasteiger partial charge is 0.166 e. The molecule has 1 N–H and O–H groups in total. The summed E-state index contributed by atoms with van der Waals surface area (Å²) in [5.41, 5.74) is 3.79. The van der Waals surface area contributed by atoms with E-state index in [4.69, 9.17) is 21.1 Å². The summed E-state index contributed by atoms with van der Waals surface area (Å²) in [6.45, 7) is 2.23. The molecule has 144 valence electrons. The predicted octanol–water partition coefficient (Wildman–Crippen LogP) is 5.91. The molecule has 2 aromatic carbocycles. The number of hydrogen-bond donors (Lipinski definition) is 1. The fraction of sp³-hybridized carbons (Fsp3) is 0.391. The van der Waals surface area contributed by atoms with E-state index in [1.54, 1.807) is 12.7 Å². The van der Waals surface area contributed by atoms with Gasteiger partial charge in [0.05, 0.1) is 7.11 Å². The van der Waals surface area contributed by atoms with Gasteiger partial charge in [0.15, 0.2) is 11.5 Å². The first-order valence-corrected chi connectivity index (χ1v) is 10.1. The van der Waals surface area contributed by atoms with Crippen molar-refractivity contribution in [3.63, 3.8) is 0 Å². The van der Waals surface area contributed by atoms with Gasteiger partial charge in [0.2, 0.25) is 0 Å². The van der Waals surface area contributed by atoms with Crippen LogP contribution in [0, 0.1) is 0 Å². The van der Waals surface area contributed by atoms with Crippen LogP contribution < -0.4 is 14.8 Å². The summed E-state index contributed by atoms with van der Waals surface area (Å²) in [7, 11) is 1.68. The van der Waals surface area contributed by atoms with Gasteiger partial charge in [-0.15, -0.1) is 0 Å². The zero-order valence-electron chi connectivity index (χ0n) is 16.0. The Morgan fingerprint density at radius 1 is 1.07 bits per heavy atom. The van der Waals surface area contributed by atoms with Crippen LogP contribution in [0.3, 0.4) is 0 Å². The molecule has 0 atom stereocenters. The molecule has 1 aliphatic carbocycles. The summed E-state index contributed by atoms with van der Waals surface area (Å²) >= 11 is 5.96. The molecule has 0 bridgehead atoms. The van der Waals surface area contributed by atoms with E-state index in [1.807, 2.05) is 36.4 Å². The topological polar surface area (TPSA) is 30.5 Å². The van der Waals surface area contributed by atoms with Crippen molar-refractivity contribution < 1.29 is 9.47 Å². The van der Waals surface area contributed by atoms with E-state index in [0.29, 0.717) is 6.61 Å². The molecule has 27 heavy (non-hydrogen) atoms. The van der Waals surface area contributed by atoms with Gasteiger partial charge in [0, 0.05) is 17.1 Å². The predicted molar refractivity (Wildman–Crippen MR) is 112 cm³/mol. The molecular formula is C23H28ClNO2. The number of rotatable bonds is 9. The van der Waals surface area contributed by atoms with E-state index in [1.165, 1.54) is 25.7 Å². The van der Waals surface area contributed by atoms with Crippen molar-refractivity contribution in [2.24, 2.45) is 0 Å². The van der Waals surface area contributed by atoms with E-state index in [9.17, 15) is 0 Å². The lowest BCUT2D eigenvalue weighted by Crippen LogP contribution is -2.16. The minimum Gasteiger partial charge on any atom is -0.493 e. The largest absolute Gasteiger partial charge is 0.493 e. The molecule has 0 unspecified atom stereocenters. The third kappa shape index (κ3) is 6.02. The third-order valence-electron chi connectivity index (χ3n) is 4.90. The Kier molecular flexibility index (Phi) is 7.61. The quantitative estimate of drug-likeness (QED) is 0.430. The van der Waals surface area contributed by atoms with Crippen LogP contribution in [0.5, 0.6) is 11.5 Å². The summed E-state index contributed by atoms with van der Waals surface area (Å²) < 4.78 is 11.6. The molecule has 4 heteroatoms. The lowest BCUT2D eigenvalue weighted by molar-refractivity contribution is 0.280. The number of halogens is 1. The number of allylic oxidation sites excluding steroid dienone is 1. The number of hydrogen-bond acceptors (Lipinski definition) is 3. The average Bonchev–Trinajstić information content (AvgIpc) is 2.72. The minimum atomic E-state index is 0.484. The molecule has 0 heterocycles. The normalized spacial score (nSPS) is 13.9. The number of methoxy groups -OCH3 is 1. The third-order valence-corrected chi connectivity index (χ3v) is 5.15. The highest BCUT2D eigenvalue weighted by atomic mass is 35.5. The molecule has 0 aromatic heterocycles. The zero-order valence-corrected chi connectivity index (χ0v) is 16.7. The van der Waals surface area contributed by atoms with E-state index in [-0.39, 0.29) is 0 Å². The highest BCUT2D eigenvalue weighted by Crippen LogP contribution is 2.32. The van der Waals surface area contributed by atoms with E-state index in [0.717, 1.165) is 47.2 Å². The Bertz CT molecular complexity index is 755. The van der Waals surface area contributed by atoms with Crippen LogP contribution in [-0.2, 0) is 13.2 Å². The lowest BCUT2D eigenvalue weighted by Gasteiger charge is -2.16. The van der Waals surface area contributed by atoms with Crippen molar-refractivity contribution >= 4 is 11.6 Å². The first-order valence-electron chi connectivity index (χ1n) is 9.68. The Hall–Kier alpha value is -1.97. The van der Waals surface area contributed by atoms with Crippen molar-refractivity contribution in [1.29, 1.82) is 0 Å². The van der Waals surface area contributed by atoms with Crippen molar-refractivity contribution in [2.45, 2.75) is 45.3 Å². The second-order valence-electron chi connectivity index (χ2n) is 6.90. The van der Waals surface area contributed by atoms with Gasteiger partial charge in [-0.2, -0.15) is 0 Å². The Balaban J connectivity index is 1.58. The molecule has 3 rings (SSSR count). The first kappa shape index (κ1) is 19.8. The van der Waals surface area contributed by atoms with Gasteiger partial charge in [-0.05, 0) is 62.4 Å². The van der Waals surface area contributed by atoms with Crippen molar-refractivity contribution in [2.75, 3.05) is 13.7 Å². The van der Waals surface area contributed by atoms with Crippen LogP contribution in [0.15, 0.2) is 54.1 Å². The standard InChI is InChI=1S/C23H28ClNO2/c1-26-22-9-5-8-20(16-25-15-14-18-6-3-2-4-7-18)23(22)27-17-19-10-12-21(24)13-11-19/h5-6,8-13,25H,2-4,7,14-17H2,1H3. The first-order chi connectivity index (χ1) is 13.3. The Labute approximate surface area is 167 Å². The summed E-state index contributed by atoms with van der Waals surface area (Å²) in [4.78, 5) is 0. The van der Waals surface area contributed by atoms with Crippen molar-refractivity contribution in [3.05, 3.63) is 70.3 Å². The average molecular weight is 386 g/mol. The van der Waals surface area contributed by atoms with Gasteiger partial charge < -0.3 is 14.8 Å². The Morgan fingerprint density at radius 3 is 2.67 bits per heavy atom. The maximum Gasteiger partial charge on any atom is 0.166 e. The lowest BCUT2D eigenvalue weighted by atomic mass is 9.97. The van der Waals surface area contributed by atoms with Crippen LogP contribution in [-0.4, -0.2) is 13.7 Å². The number of ether oxygens (including phenoxy) is 2. The van der Waals surface area contributed by atoms with Crippen LogP contribution in [0.4, 0.5) is 0 Å². The van der Waals surface area contributed by atoms with Gasteiger partial charge in [0.1, 0.15) is 6.61 Å². The van der Waals surface area contributed by atoms with Gasteiger partial charge in [-0.25, -0.2) is 0 Å². The van der Waals surface area contributed by atoms with Crippen LogP contribution in [0.1, 0.15) is 43.2 Å². The summed E-state index contributed by atoms with van der Waals surface area (Å²) in [6, 6.07) is 13.8. The molecule has 0 radical (unpaired) electrons. The molecule has 0 saturated heterocycles. The molecule has 2 aromatic rings. The summed E-state index contributed by atoms with van der Waals surface area (Å²) in [5.74, 6) is 1.57. The number of para-hydroxylation sites is 1. The van der Waals surface area contributed by atoms with Gasteiger partial charge in [0.25, 0.3) is 0 Å². The highest BCUT2D eigenvalue weighted by Gasteiger charge is 2.11. The molecule has 0 fully saturated rings. The summed E-state index contributed by atoms with van der Waals surface area (Å²) in [6.07, 6.45) is 8.73. The second-order valence-corrected chi connectivity index (χ2v) is 7.34. The van der Waals surface area contributed by atoms with E-state index >= 15 is 0 Å². The van der Waals surface area contributed by atoms with Crippen LogP contribution >= 0.6 is 11.6 Å². The number of benzene rings is 2. The maximum atomic E-state index is 6.11. The van der Waals surface area contributed by atoms with E-state index in [2.05, 4.69) is 17.5 Å². The van der Waals surface area contributed by atoms with Crippen molar-refractivity contribution in [3.8, 4) is 11.5 Å². The van der Waals surface area contributed by atoms with Crippen LogP contribution in [0.2, 0.25) is 5.02 Å². The zero-order chi connectivity index (χ0) is 18.9. The number of nitrogens with one attached hydrogen (secondary N) is 1. The molecule has 0 aliphatic heterocycles. The SMILES string of the molecule is COc1cccc(CNCCC2=CCCCC2)c1OCc1ccc(Cl)cc1. The fourth-order valence-electron chi connectivity index (χ4n) is 3.36. The highest BCUT2D eigenvalue weighted by molar-refractivity contribution is 6.30. The van der Waals surface area contributed by atoms with Crippen LogP contribution in [0.25, 0.3) is 0 Å². The van der Waals surface area contributed by atoms with Crippen molar-refractivity contribution in [1.82, 2.24) is 5.32 Å². The molecule has 3 nitrogen and oxygen atoms in total. The molecular weight excluding hydrogens is 358 g/mol. The summed E-state index contributed by atoms with van der Waals surface area (Å²) in [5, 5.41) is 4.28. The van der Waals surface area contributed by atoms with E-state index < -0.39 is 0 Å². The van der Waals surface area contributed by atoms with Gasteiger partial charge in [-0.1, -0.05) is 47.5 Å². The maximum absolute atomic E-state index is 6.11.